The molecular weight excluding hydrogens is 312 g/mol. The molecule has 1 heterocycles. The minimum atomic E-state index is -0.327. The summed E-state index contributed by atoms with van der Waals surface area (Å²) in [7, 11) is 0. The van der Waals surface area contributed by atoms with Crippen LogP contribution in [0.2, 0.25) is 0 Å². The minimum absolute atomic E-state index is 0.0430. The molecule has 1 aliphatic heterocycles. The molecule has 4 heteroatoms. The number of aryl methyl sites for hydroxylation is 2. The standard InChI is InChI=1S/C21H26N2O2/c1-15-8-9-20(16(2)10-15)21(25)22-12-18-11-19(24)14-23(18)13-17-6-4-3-5-7-17/h3-10,18-19,24H,11-14H2,1-2H3,(H,22,25). The van der Waals surface area contributed by atoms with Crippen molar-refractivity contribution in [2.75, 3.05) is 13.1 Å². The van der Waals surface area contributed by atoms with E-state index in [4.69, 9.17) is 0 Å². The van der Waals surface area contributed by atoms with Gasteiger partial charge in [0.1, 0.15) is 0 Å². The molecule has 0 bridgehead atoms. The van der Waals surface area contributed by atoms with Gasteiger partial charge in [0.05, 0.1) is 6.10 Å². The first-order valence-electron chi connectivity index (χ1n) is 8.84. The van der Waals surface area contributed by atoms with Crippen molar-refractivity contribution in [2.24, 2.45) is 0 Å². The molecule has 3 rings (SSSR count). The van der Waals surface area contributed by atoms with Crippen molar-refractivity contribution in [3.8, 4) is 0 Å². The Labute approximate surface area is 149 Å². The van der Waals surface area contributed by atoms with Crippen LogP contribution in [0.5, 0.6) is 0 Å². The van der Waals surface area contributed by atoms with Crippen molar-refractivity contribution in [3.05, 3.63) is 70.8 Å². The third kappa shape index (κ3) is 4.47. The maximum atomic E-state index is 12.5. The predicted molar refractivity (Wildman–Crippen MR) is 99.5 cm³/mol. The monoisotopic (exact) mass is 338 g/mol. The van der Waals surface area contributed by atoms with Crippen LogP contribution in [0.25, 0.3) is 0 Å². The summed E-state index contributed by atoms with van der Waals surface area (Å²) in [5.74, 6) is -0.0430. The van der Waals surface area contributed by atoms with Gasteiger partial charge in [-0.1, -0.05) is 48.0 Å². The van der Waals surface area contributed by atoms with Crippen LogP contribution < -0.4 is 5.32 Å². The van der Waals surface area contributed by atoms with Crippen LogP contribution >= 0.6 is 0 Å². The third-order valence-corrected chi connectivity index (χ3v) is 4.86. The van der Waals surface area contributed by atoms with Crippen LogP contribution in [0.1, 0.15) is 33.5 Å². The Morgan fingerprint density at radius 1 is 1.20 bits per heavy atom. The summed E-state index contributed by atoms with van der Waals surface area (Å²) in [5, 5.41) is 13.1. The van der Waals surface area contributed by atoms with Gasteiger partial charge in [-0.2, -0.15) is 0 Å². The third-order valence-electron chi connectivity index (χ3n) is 4.86. The van der Waals surface area contributed by atoms with Gasteiger partial charge in [-0.3, -0.25) is 9.69 Å². The average Bonchev–Trinajstić information content (AvgIpc) is 2.93. The molecule has 1 aliphatic rings. The minimum Gasteiger partial charge on any atom is -0.392 e. The van der Waals surface area contributed by atoms with Crippen LogP contribution in [0.4, 0.5) is 0 Å². The lowest BCUT2D eigenvalue weighted by Gasteiger charge is -2.24. The topological polar surface area (TPSA) is 52.6 Å². The van der Waals surface area contributed by atoms with Gasteiger partial charge in [-0.15, -0.1) is 0 Å². The lowest BCUT2D eigenvalue weighted by Crippen LogP contribution is -2.40. The van der Waals surface area contributed by atoms with Gasteiger partial charge in [0.2, 0.25) is 0 Å². The van der Waals surface area contributed by atoms with E-state index in [1.54, 1.807) is 0 Å². The first-order valence-corrected chi connectivity index (χ1v) is 8.84. The molecule has 0 aromatic heterocycles. The van der Waals surface area contributed by atoms with E-state index in [0.717, 1.165) is 23.2 Å². The van der Waals surface area contributed by atoms with Crippen LogP contribution in [0.3, 0.4) is 0 Å². The number of aliphatic hydroxyl groups excluding tert-OH is 1. The molecule has 132 valence electrons. The van der Waals surface area contributed by atoms with Gasteiger partial charge in [0, 0.05) is 31.2 Å². The summed E-state index contributed by atoms with van der Waals surface area (Å²) in [6.45, 7) is 5.98. The molecule has 2 atom stereocenters. The van der Waals surface area contributed by atoms with E-state index in [0.29, 0.717) is 19.5 Å². The number of nitrogens with one attached hydrogen (secondary N) is 1. The van der Waals surface area contributed by atoms with Crippen molar-refractivity contribution < 1.29 is 9.90 Å². The maximum absolute atomic E-state index is 12.5. The normalized spacial score (nSPS) is 20.6. The predicted octanol–water partition coefficient (Wildman–Crippen LogP) is 2.67. The highest BCUT2D eigenvalue weighted by Crippen LogP contribution is 2.20. The zero-order valence-electron chi connectivity index (χ0n) is 14.9. The molecule has 0 saturated carbocycles. The number of carbonyl (C=O) groups is 1. The van der Waals surface area contributed by atoms with Gasteiger partial charge in [-0.25, -0.2) is 0 Å². The van der Waals surface area contributed by atoms with Crippen molar-refractivity contribution >= 4 is 5.91 Å². The van der Waals surface area contributed by atoms with Crippen LogP contribution in [0, 0.1) is 13.8 Å². The highest BCUT2D eigenvalue weighted by atomic mass is 16.3. The Morgan fingerprint density at radius 3 is 2.68 bits per heavy atom. The zero-order chi connectivity index (χ0) is 17.8. The summed E-state index contributed by atoms with van der Waals surface area (Å²) in [6.07, 6.45) is 0.367. The number of hydrogen-bond donors (Lipinski definition) is 2. The molecular formula is C21H26N2O2. The molecule has 4 nitrogen and oxygen atoms in total. The average molecular weight is 338 g/mol. The van der Waals surface area contributed by atoms with Crippen LogP contribution in [0.15, 0.2) is 48.5 Å². The number of rotatable bonds is 5. The molecule has 1 amide bonds. The van der Waals surface area contributed by atoms with E-state index in [2.05, 4.69) is 22.3 Å². The van der Waals surface area contributed by atoms with E-state index in [1.807, 2.05) is 50.2 Å². The van der Waals surface area contributed by atoms with Crippen LogP contribution in [-0.4, -0.2) is 41.1 Å². The lowest BCUT2D eigenvalue weighted by atomic mass is 10.0. The zero-order valence-corrected chi connectivity index (χ0v) is 14.9. The molecule has 0 spiro atoms. The molecule has 2 unspecified atom stereocenters. The fourth-order valence-corrected chi connectivity index (χ4v) is 3.56. The van der Waals surface area contributed by atoms with Crippen molar-refractivity contribution in [2.45, 2.75) is 39.0 Å². The number of carbonyl (C=O) groups excluding carboxylic acids is 1. The molecule has 1 fully saturated rings. The molecule has 0 radical (unpaired) electrons. The first-order chi connectivity index (χ1) is 12.0. The van der Waals surface area contributed by atoms with Gasteiger partial charge in [0.15, 0.2) is 0 Å². The number of amides is 1. The number of hydrogen-bond acceptors (Lipinski definition) is 3. The Hall–Kier alpha value is -2.17. The highest BCUT2D eigenvalue weighted by molar-refractivity contribution is 5.95. The van der Waals surface area contributed by atoms with E-state index in [1.165, 1.54) is 5.56 Å². The molecule has 0 aliphatic carbocycles. The Bertz CT molecular complexity index is 730. The molecule has 1 saturated heterocycles. The van der Waals surface area contributed by atoms with Crippen LogP contribution in [-0.2, 0) is 6.54 Å². The quantitative estimate of drug-likeness (QED) is 0.881. The fourth-order valence-electron chi connectivity index (χ4n) is 3.56. The summed E-state index contributed by atoms with van der Waals surface area (Å²) in [5.41, 5.74) is 4.09. The van der Waals surface area contributed by atoms with Gasteiger partial charge < -0.3 is 10.4 Å². The summed E-state index contributed by atoms with van der Waals surface area (Å²) < 4.78 is 0. The molecule has 2 aromatic rings. The Kier molecular flexibility index (Phi) is 5.51. The van der Waals surface area contributed by atoms with E-state index >= 15 is 0 Å². The van der Waals surface area contributed by atoms with Gasteiger partial charge >= 0.3 is 0 Å². The second-order valence-corrected chi connectivity index (χ2v) is 6.99. The number of nitrogens with zero attached hydrogens (tertiary/aromatic N) is 1. The second kappa shape index (κ2) is 7.81. The number of benzene rings is 2. The summed E-state index contributed by atoms with van der Waals surface area (Å²) in [6, 6.07) is 16.3. The maximum Gasteiger partial charge on any atom is 0.251 e. The Balaban J connectivity index is 1.61. The SMILES string of the molecule is Cc1ccc(C(=O)NCC2CC(O)CN2Cc2ccccc2)c(C)c1. The first kappa shape index (κ1) is 17.6. The summed E-state index contributed by atoms with van der Waals surface area (Å²) in [4.78, 5) is 14.7. The fraction of sp³-hybridized carbons (Fsp3) is 0.381. The van der Waals surface area contributed by atoms with Crippen molar-refractivity contribution in [1.29, 1.82) is 0 Å². The van der Waals surface area contributed by atoms with Gasteiger partial charge in [-0.05, 0) is 37.5 Å². The van der Waals surface area contributed by atoms with Gasteiger partial charge in [0.25, 0.3) is 5.91 Å². The molecule has 2 aromatic carbocycles. The Morgan fingerprint density at radius 2 is 1.96 bits per heavy atom. The van der Waals surface area contributed by atoms with E-state index in [9.17, 15) is 9.90 Å². The molecule has 2 N–H and O–H groups in total. The van der Waals surface area contributed by atoms with Crippen molar-refractivity contribution in [1.82, 2.24) is 10.2 Å². The van der Waals surface area contributed by atoms with E-state index < -0.39 is 0 Å². The smallest absolute Gasteiger partial charge is 0.251 e. The summed E-state index contributed by atoms with van der Waals surface area (Å²) >= 11 is 0. The lowest BCUT2D eigenvalue weighted by molar-refractivity contribution is 0.0939. The van der Waals surface area contributed by atoms with E-state index in [-0.39, 0.29) is 18.1 Å². The number of β-amino-alcohol motifs (C(OH)–C–C–N with tert-alkyl or cyclic N) is 1. The largest absolute Gasteiger partial charge is 0.392 e. The van der Waals surface area contributed by atoms with Crippen molar-refractivity contribution in [3.63, 3.8) is 0 Å². The number of likely N-dealkylation sites (tertiary alicyclic amines) is 1. The second-order valence-electron chi connectivity index (χ2n) is 6.99. The highest BCUT2D eigenvalue weighted by Gasteiger charge is 2.31. The molecule has 25 heavy (non-hydrogen) atoms. The number of aliphatic hydroxyl groups is 1.